The molecule has 0 saturated carbocycles. The largest absolute Gasteiger partial charge is 0.478 e. The molecule has 0 bridgehead atoms. The van der Waals surface area contributed by atoms with Crippen LogP contribution in [-0.4, -0.2) is 32.3 Å². The lowest BCUT2D eigenvalue weighted by Gasteiger charge is -2.20. The van der Waals surface area contributed by atoms with Gasteiger partial charge in [-0.3, -0.25) is 4.79 Å². The van der Waals surface area contributed by atoms with E-state index in [0.717, 1.165) is 25.3 Å². The number of aromatic nitrogens is 2. The summed E-state index contributed by atoms with van der Waals surface area (Å²) < 4.78 is 30.5. The van der Waals surface area contributed by atoms with Crippen LogP contribution in [0.3, 0.4) is 0 Å². The number of nitrogens with zero attached hydrogens (tertiary/aromatic N) is 2. The van der Waals surface area contributed by atoms with Gasteiger partial charge in [-0.1, -0.05) is 39.7 Å². The highest BCUT2D eigenvalue weighted by atomic mass is 32.1. The molecule has 1 aromatic carbocycles. The second-order valence-electron chi connectivity index (χ2n) is 7.95. The van der Waals surface area contributed by atoms with Crippen LogP contribution in [0.25, 0.3) is 0 Å². The van der Waals surface area contributed by atoms with E-state index in [1.807, 2.05) is 20.8 Å². The molecule has 176 valence electrons. The van der Waals surface area contributed by atoms with E-state index < -0.39 is 23.2 Å². The summed E-state index contributed by atoms with van der Waals surface area (Å²) >= 11 is 4.30. The quantitative estimate of drug-likeness (QED) is 0.403. The summed E-state index contributed by atoms with van der Waals surface area (Å²) in [6.45, 7) is 6.24. The van der Waals surface area contributed by atoms with Crippen LogP contribution in [-0.2, 0) is 24.3 Å². The van der Waals surface area contributed by atoms with Crippen molar-refractivity contribution in [2.24, 2.45) is 11.8 Å². The maximum atomic E-state index is 14.6. The SMILES string of the molecule is CCCCc1ncc(CNC(=O)C(CS)C(C)CC)n1Cc1ccc(C(=O)O)c(F)c1F. The molecule has 1 aromatic heterocycles. The summed E-state index contributed by atoms with van der Waals surface area (Å²) in [5, 5.41) is 11.9. The number of halogens is 2. The molecule has 0 saturated heterocycles. The van der Waals surface area contributed by atoms with Crippen molar-refractivity contribution < 1.29 is 23.5 Å². The number of aryl methyl sites for hydroxylation is 1. The summed E-state index contributed by atoms with van der Waals surface area (Å²) in [4.78, 5) is 28.1. The fraction of sp³-hybridized carbons (Fsp3) is 0.522. The van der Waals surface area contributed by atoms with Crippen molar-refractivity contribution in [1.82, 2.24) is 14.9 Å². The Hall–Kier alpha value is -2.42. The van der Waals surface area contributed by atoms with Crippen LogP contribution < -0.4 is 5.32 Å². The molecule has 0 fully saturated rings. The summed E-state index contributed by atoms with van der Waals surface area (Å²) in [6, 6.07) is 2.33. The Morgan fingerprint density at radius 1 is 1.25 bits per heavy atom. The summed E-state index contributed by atoms with van der Waals surface area (Å²) in [5.41, 5.74) is -0.0317. The minimum atomic E-state index is -1.53. The van der Waals surface area contributed by atoms with Crippen LogP contribution in [0.15, 0.2) is 18.3 Å². The second-order valence-corrected chi connectivity index (χ2v) is 8.32. The number of carboxylic acid groups (broad SMARTS) is 1. The molecule has 2 aromatic rings. The number of carbonyl (C=O) groups excluding carboxylic acids is 1. The van der Waals surface area contributed by atoms with Gasteiger partial charge in [0.1, 0.15) is 5.82 Å². The highest BCUT2D eigenvalue weighted by molar-refractivity contribution is 7.80. The van der Waals surface area contributed by atoms with E-state index in [4.69, 9.17) is 5.11 Å². The fourth-order valence-electron chi connectivity index (χ4n) is 3.48. The number of unbranched alkanes of at least 4 members (excludes halogenated alkanes) is 1. The number of hydrogen-bond donors (Lipinski definition) is 3. The third-order valence-corrected chi connectivity index (χ3v) is 6.20. The van der Waals surface area contributed by atoms with Gasteiger partial charge in [0, 0.05) is 23.7 Å². The van der Waals surface area contributed by atoms with E-state index in [2.05, 4.69) is 22.9 Å². The average Bonchev–Trinajstić information content (AvgIpc) is 3.15. The van der Waals surface area contributed by atoms with Gasteiger partial charge in [-0.25, -0.2) is 18.6 Å². The smallest absolute Gasteiger partial charge is 0.338 e. The van der Waals surface area contributed by atoms with Crippen molar-refractivity contribution in [1.29, 1.82) is 0 Å². The number of carboxylic acids is 1. The molecule has 0 aliphatic rings. The van der Waals surface area contributed by atoms with Crippen LogP contribution in [0.2, 0.25) is 0 Å². The van der Waals surface area contributed by atoms with E-state index >= 15 is 0 Å². The van der Waals surface area contributed by atoms with Crippen LogP contribution in [0.1, 0.15) is 67.5 Å². The zero-order chi connectivity index (χ0) is 23.8. The fourth-order valence-corrected chi connectivity index (χ4v) is 4.01. The monoisotopic (exact) mass is 467 g/mol. The first-order chi connectivity index (χ1) is 15.2. The summed E-state index contributed by atoms with van der Waals surface area (Å²) in [5.74, 6) is -3.12. The summed E-state index contributed by atoms with van der Waals surface area (Å²) in [6.07, 6.45) is 4.94. The molecular weight excluding hydrogens is 436 g/mol. The van der Waals surface area contributed by atoms with Crippen molar-refractivity contribution in [3.8, 4) is 0 Å². The first-order valence-corrected chi connectivity index (χ1v) is 11.5. The Bertz CT molecular complexity index is 949. The van der Waals surface area contributed by atoms with Crippen molar-refractivity contribution in [2.75, 3.05) is 5.75 Å². The Morgan fingerprint density at radius 3 is 2.56 bits per heavy atom. The number of carbonyl (C=O) groups is 2. The average molecular weight is 468 g/mol. The molecule has 6 nitrogen and oxygen atoms in total. The minimum absolute atomic E-state index is 0.0173. The second kappa shape index (κ2) is 12.0. The molecule has 0 radical (unpaired) electrons. The van der Waals surface area contributed by atoms with E-state index in [1.165, 1.54) is 6.07 Å². The zero-order valence-electron chi connectivity index (χ0n) is 18.7. The van der Waals surface area contributed by atoms with Gasteiger partial charge in [-0.05, 0) is 18.4 Å². The molecule has 2 N–H and O–H groups in total. The number of thiol groups is 1. The topological polar surface area (TPSA) is 84.2 Å². The number of aromatic carboxylic acids is 1. The maximum absolute atomic E-state index is 14.6. The molecule has 0 spiro atoms. The van der Waals surface area contributed by atoms with Crippen LogP contribution in [0, 0.1) is 23.5 Å². The number of nitrogens with one attached hydrogen (secondary N) is 1. The number of imidazole rings is 1. The predicted molar refractivity (Wildman–Crippen MR) is 122 cm³/mol. The van der Waals surface area contributed by atoms with E-state index in [-0.39, 0.29) is 36.4 Å². The van der Waals surface area contributed by atoms with Crippen LogP contribution in [0.5, 0.6) is 0 Å². The first-order valence-electron chi connectivity index (χ1n) is 10.9. The molecule has 2 atom stereocenters. The molecule has 1 heterocycles. The molecule has 0 aliphatic carbocycles. The predicted octanol–water partition coefficient (Wildman–Crippen LogP) is 4.46. The molecule has 32 heavy (non-hydrogen) atoms. The summed E-state index contributed by atoms with van der Waals surface area (Å²) in [7, 11) is 0. The van der Waals surface area contributed by atoms with Gasteiger partial charge in [0.05, 0.1) is 30.5 Å². The molecule has 0 aliphatic heterocycles. The third-order valence-electron chi connectivity index (χ3n) is 5.80. The number of hydrogen-bond acceptors (Lipinski definition) is 4. The van der Waals surface area contributed by atoms with Gasteiger partial charge in [0.25, 0.3) is 0 Å². The highest BCUT2D eigenvalue weighted by Crippen LogP contribution is 2.21. The zero-order valence-corrected chi connectivity index (χ0v) is 19.6. The minimum Gasteiger partial charge on any atom is -0.478 e. The Balaban J connectivity index is 2.30. The Morgan fingerprint density at radius 2 is 1.97 bits per heavy atom. The lowest BCUT2D eigenvalue weighted by Crippen LogP contribution is -2.35. The van der Waals surface area contributed by atoms with Gasteiger partial charge in [-0.2, -0.15) is 12.6 Å². The Labute approximate surface area is 192 Å². The lowest BCUT2D eigenvalue weighted by molar-refractivity contribution is -0.125. The molecule has 1 amide bonds. The van der Waals surface area contributed by atoms with Crippen molar-refractivity contribution in [3.63, 3.8) is 0 Å². The molecular formula is C23H31F2N3O3S. The van der Waals surface area contributed by atoms with Gasteiger partial charge >= 0.3 is 5.97 Å². The van der Waals surface area contributed by atoms with Crippen LogP contribution in [0.4, 0.5) is 8.78 Å². The highest BCUT2D eigenvalue weighted by Gasteiger charge is 2.23. The number of amides is 1. The lowest BCUT2D eigenvalue weighted by atomic mass is 9.92. The van der Waals surface area contributed by atoms with Gasteiger partial charge in [0.2, 0.25) is 5.91 Å². The van der Waals surface area contributed by atoms with E-state index in [1.54, 1.807) is 10.8 Å². The van der Waals surface area contributed by atoms with E-state index in [9.17, 15) is 18.4 Å². The van der Waals surface area contributed by atoms with Crippen LogP contribution >= 0.6 is 12.6 Å². The van der Waals surface area contributed by atoms with E-state index in [0.29, 0.717) is 23.7 Å². The van der Waals surface area contributed by atoms with Crippen molar-refractivity contribution in [3.05, 3.63) is 52.6 Å². The van der Waals surface area contributed by atoms with Gasteiger partial charge in [-0.15, -0.1) is 0 Å². The van der Waals surface area contributed by atoms with Crippen molar-refractivity contribution in [2.45, 2.75) is 59.5 Å². The Kier molecular flexibility index (Phi) is 9.68. The molecule has 2 rings (SSSR count). The standard InChI is InChI=1S/C23H31F2N3O3S/c1-4-6-7-19-26-10-16(11-27-22(29)18(13-32)14(3)5-2)28(19)12-15-8-9-17(23(30)31)21(25)20(15)24/h8-10,14,18,32H,4-7,11-13H2,1-3H3,(H,27,29)(H,30,31). The molecule has 9 heteroatoms. The number of rotatable bonds is 12. The van der Waals surface area contributed by atoms with Gasteiger partial charge in [0.15, 0.2) is 11.6 Å². The normalized spacial score (nSPS) is 13.1. The van der Waals surface area contributed by atoms with Crippen molar-refractivity contribution >= 4 is 24.5 Å². The first kappa shape index (κ1) is 25.8. The number of benzene rings is 1. The third kappa shape index (κ3) is 6.09. The maximum Gasteiger partial charge on any atom is 0.338 e. The van der Waals surface area contributed by atoms with Gasteiger partial charge < -0.3 is 15.0 Å². The molecule has 2 unspecified atom stereocenters.